The smallest absolute Gasteiger partial charge is 0.250 e. The lowest BCUT2D eigenvalue weighted by molar-refractivity contribution is 0.111. The van der Waals surface area contributed by atoms with Gasteiger partial charge < -0.3 is 9.13 Å². The molecule has 2 heterocycles. The van der Waals surface area contributed by atoms with Crippen LogP contribution >= 0.6 is 0 Å². The van der Waals surface area contributed by atoms with Gasteiger partial charge in [-0.05, 0) is 6.07 Å². The van der Waals surface area contributed by atoms with Crippen LogP contribution in [-0.2, 0) is 13.1 Å². The molecule has 0 spiro atoms. The molecule has 82 valence electrons. The molecule has 0 N–H and O–H groups in total. The number of pyridine rings is 1. The van der Waals surface area contributed by atoms with Crippen molar-refractivity contribution >= 4 is 6.29 Å². The molecule has 0 aliphatic heterocycles. The fraction of sp³-hybridized carbons (Fsp3) is 0.182. The molecular formula is C11H11N3O2. The number of hydrogen-bond acceptors (Lipinski definition) is 3. The number of hydrogen-bond donors (Lipinski definition) is 0. The van der Waals surface area contributed by atoms with Crippen molar-refractivity contribution < 1.29 is 4.79 Å². The molecule has 16 heavy (non-hydrogen) atoms. The van der Waals surface area contributed by atoms with Crippen LogP contribution in [0, 0.1) is 0 Å². The van der Waals surface area contributed by atoms with E-state index in [-0.39, 0.29) is 5.56 Å². The Kier molecular flexibility index (Phi) is 2.95. The molecule has 0 aliphatic rings. The summed E-state index contributed by atoms with van der Waals surface area (Å²) in [5.74, 6) is 0. The molecule has 5 nitrogen and oxygen atoms in total. The molecule has 2 rings (SSSR count). The molecule has 0 radical (unpaired) electrons. The highest BCUT2D eigenvalue weighted by Gasteiger charge is 1.98. The minimum absolute atomic E-state index is 0.0294. The fourth-order valence-electron chi connectivity index (χ4n) is 1.43. The Morgan fingerprint density at radius 3 is 2.88 bits per heavy atom. The van der Waals surface area contributed by atoms with E-state index in [0.717, 1.165) is 0 Å². The third kappa shape index (κ3) is 2.25. The minimum Gasteiger partial charge on any atom is -0.335 e. The topological polar surface area (TPSA) is 56.9 Å². The predicted octanol–water partition coefficient (Wildman–Crippen LogP) is 0.557. The summed E-state index contributed by atoms with van der Waals surface area (Å²) in [5.41, 5.74) is 0.374. The molecule has 0 aliphatic carbocycles. The Balaban J connectivity index is 2.05. The number of rotatable bonds is 4. The van der Waals surface area contributed by atoms with Crippen LogP contribution in [0.15, 0.2) is 41.7 Å². The predicted molar refractivity (Wildman–Crippen MR) is 58.3 cm³/mol. The Bertz CT molecular complexity index is 542. The van der Waals surface area contributed by atoms with E-state index in [1.807, 2.05) is 6.07 Å². The van der Waals surface area contributed by atoms with E-state index in [1.54, 1.807) is 33.9 Å². The van der Waals surface area contributed by atoms with Gasteiger partial charge in [-0.3, -0.25) is 9.59 Å². The van der Waals surface area contributed by atoms with Gasteiger partial charge in [0.1, 0.15) is 5.69 Å². The molecule has 0 unspecified atom stereocenters. The van der Waals surface area contributed by atoms with Crippen LogP contribution in [0.1, 0.15) is 10.5 Å². The minimum atomic E-state index is -0.0294. The van der Waals surface area contributed by atoms with Gasteiger partial charge in [0.05, 0.1) is 6.33 Å². The number of nitrogens with zero attached hydrogens (tertiary/aromatic N) is 3. The van der Waals surface area contributed by atoms with Gasteiger partial charge in [0.25, 0.3) is 5.56 Å². The van der Waals surface area contributed by atoms with Crippen molar-refractivity contribution in [2.24, 2.45) is 0 Å². The maximum absolute atomic E-state index is 11.4. The van der Waals surface area contributed by atoms with Gasteiger partial charge in [0.2, 0.25) is 0 Å². The number of aromatic nitrogens is 3. The molecule has 0 saturated carbocycles. The van der Waals surface area contributed by atoms with E-state index < -0.39 is 0 Å². The largest absolute Gasteiger partial charge is 0.335 e. The number of aryl methyl sites for hydroxylation is 2. The third-order valence-corrected chi connectivity index (χ3v) is 2.27. The molecule has 5 heteroatoms. The molecule has 0 saturated heterocycles. The van der Waals surface area contributed by atoms with Gasteiger partial charge in [-0.15, -0.1) is 0 Å². The van der Waals surface area contributed by atoms with Crippen molar-refractivity contribution in [1.82, 2.24) is 14.1 Å². The van der Waals surface area contributed by atoms with Crippen molar-refractivity contribution in [2.75, 3.05) is 0 Å². The highest BCUT2D eigenvalue weighted by molar-refractivity contribution is 5.70. The van der Waals surface area contributed by atoms with Crippen LogP contribution in [0.2, 0.25) is 0 Å². The quantitative estimate of drug-likeness (QED) is 0.703. The zero-order valence-electron chi connectivity index (χ0n) is 8.61. The number of carbonyl (C=O) groups is 1. The van der Waals surface area contributed by atoms with Crippen molar-refractivity contribution in [1.29, 1.82) is 0 Å². The summed E-state index contributed by atoms with van der Waals surface area (Å²) < 4.78 is 3.39. The van der Waals surface area contributed by atoms with E-state index in [4.69, 9.17) is 0 Å². The maximum Gasteiger partial charge on any atom is 0.250 e. The zero-order valence-corrected chi connectivity index (χ0v) is 8.61. The van der Waals surface area contributed by atoms with Crippen molar-refractivity contribution in [3.63, 3.8) is 0 Å². The highest BCUT2D eigenvalue weighted by atomic mass is 16.1. The van der Waals surface area contributed by atoms with Crippen molar-refractivity contribution in [2.45, 2.75) is 13.1 Å². The van der Waals surface area contributed by atoms with Gasteiger partial charge >= 0.3 is 0 Å². The second-order valence-electron chi connectivity index (χ2n) is 3.39. The molecule has 0 bridgehead atoms. The molecule has 0 aromatic carbocycles. The first-order valence-electron chi connectivity index (χ1n) is 4.92. The molecule has 2 aromatic heterocycles. The van der Waals surface area contributed by atoms with Crippen LogP contribution in [0.3, 0.4) is 0 Å². The molecule has 0 amide bonds. The Labute approximate surface area is 92.0 Å². The molecular weight excluding hydrogens is 206 g/mol. The highest BCUT2D eigenvalue weighted by Crippen LogP contribution is 1.93. The monoisotopic (exact) mass is 217 g/mol. The van der Waals surface area contributed by atoms with Gasteiger partial charge in [-0.25, -0.2) is 4.98 Å². The normalized spacial score (nSPS) is 10.2. The van der Waals surface area contributed by atoms with Crippen LogP contribution in [0.5, 0.6) is 0 Å². The summed E-state index contributed by atoms with van der Waals surface area (Å²) in [4.78, 5) is 25.7. The Morgan fingerprint density at radius 2 is 2.19 bits per heavy atom. The van der Waals surface area contributed by atoms with E-state index in [1.165, 1.54) is 6.07 Å². The van der Waals surface area contributed by atoms with Crippen LogP contribution in [0.4, 0.5) is 0 Å². The number of aldehydes is 1. The number of imidazole rings is 1. The summed E-state index contributed by atoms with van der Waals surface area (Å²) in [6, 6.07) is 5.04. The van der Waals surface area contributed by atoms with Gasteiger partial charge in [0.15, 0.2) is 6.29 Å². The first kappa shape index (κ1) is 10.4. The summed E-state index contributed by atoms with van der Waals surface area (Å²) in [6.07, 6.45) is 5.67. The summed E-state index contributed by atoms with van der Waals surface area (Å²) >= 11 is 0. The van der Waals surface area contributed by atoms with Crippen molar-refractivity contribution in [3.8, 4) is 0 Å². The average molecular weight is 217 g/mol. The fourth-order valence-corrected chi connectivity index (χ4v) is 1.43. The molecule has 0 fully saturated rings. The lowest BCUT2D eigenvalue weighted by atomic mass is 10.4. The van der Waals surface area contributed by atoms with Crippen molar-refractivity contribution in [3.05, 3.63) is 53.0 Å². The maximum atomic E-state index is 11.4. The van der Waals surface area contributed by atoms with Crippen LogP contribution in [-0.4, -0.2) is 20.4 Å². The van der Waals surface area contributed by atoms with E-state index in [9.17, 15) is 9.59 Å². The lowest BCUT2D eigenvalue weighted by Gasteiger charge is -2.04. The zero-order chi connectivity index (χ0) is 11.4. The van der Waals surface area contributed by atoms with Gasteiger partial charge in [0, 0.05) is 31.5 Å². The summed E-state index contributed by atoms with van der Waals surface area (Å²) in [6.45, 7) is 1.18. The van der Waals surface area contributed by atoms with E-state index in [0.29, 0.717) is 25.1 Å². The molecule has 2 aromatic rings. The lowest BCUT2D eigenvalue weighted by Crippen LogP contribution is -2.20. The summed E-state index contributed by atoms with van der Waals surface area (Å²) in [5, 5.41) is 0. The Morgan fingerprint density at radius 1 is 1.31 bits per heavy atom. The van der Waals surface area contributed by atoms with E-state index in [2.05, 4.69) is 4.98 Å². The summed E-state index contributed by atoms with van der Waals surface area (Å²) in [7, 11) is 0. The Hall–Kier alpha value is -2.17. The van der Waals surface area contributed by atoms with Crippen LogP contribution < -0.4 is 5.56 Å². The second kappa shape index (κ2) is 4.57. The SMILES string of the molecule is O=Cc1cn(CCn2ccccc2=O)cn1. The number of carbonyl (C=O) groups excluding carboxylic acids is 1. The average Bonchev–Trinajstić information content (AvgIpc) is 2.76. The van der Waals surface area contributed by atoms with Gasteiger partial charge in [-0.1, -0.05) is 6.07 Å². The van der Waals surface area contributed by atoms with Gasteiger partial charge in [-0.2, -0.15) is 0 Å². The third-order valence-electron chi connectivity index (χ3n) is 2.27. The molecule has 0 atom stereocenters. The first-order chi connectivity index (χ1) is 7.79. The van der Waals surface area contributed by atoms with E-state index >= 15 is 0 Å². The second-order valence-corrected chi connectivity index (χ2v) is 3.39. The van der Waals surface area contributed by atoms with Crippen LogP contribution in [0.25, 0.3) is 0 Å². The first-order valence-corrected chi connectivity index (χ1v) is 4.92. The standard InChI is InChI=1S/C11H11N3O2/c15-8-10-7-13(9-12-10)5-6-14-4-2-1-3-11(14)16/h1-4,7-9H,5-6H2.